The molecule has 16 heavy (non-hydrogen) atoms. The van der Waals surface area contributed by atoms with E-state index in [1.165, 1.54) is 0 Å². The predicted molar refractivity (Wildman–Crippen MR) is 58.7 cm³/mol. The lowest BCUT2D eigenvalue weighted by molar-refractivity contribution is 0.112. The van der Waals surface area contributed by atoms with Crippen LogP contribution in [-0.2, 0) is 0 Å². The molecule has 0 spiro atoms. The highest BCUT2D eigenvalue weighted by Crippen LogP contribution is 2.34. The van der Waals surface area contributed by atoms with E-state index in [4.69, 9.17) is 14.6 Å². The zero-order chi connectivity index (χ0) is 11.4. The first-order valence-electron chi connectivity index (χ1n) is 5.01. The maximum absolute atomic E-state index is 10.9. The van der Waals surface area contributed by atoms with Gasteiger partial charge in [0.05, 0.1) is 0 Å². The van der Waals surface area contributed by atoms with E-state index in [0.717, 1.165) is 11.8 Å². The van der Waals surface area contributed by atoms with E-state index in [0.29, 0.717) is 23.5 Å². The molecule has 1 aromatic rings. The van der Waals surface area contributed by atoms with Crippen LogP contribution in [-0.4, -0.2) is 24.8 Å². The first-order chi connectivity index (χ1) is 7.85. The van der Waals surface area contributed by atoms with Crippen LogP contribution in [0.1, 0.15) is 22.3 Å². The van der Waals surface area contributed by atoms with Crippen molar-refractivity contribution in [3.63, 3.8) is 0 Å². The van der Waals surface area contributed by atoms with E-state index < -0.39 is 0 Å². The fourth-order valence-corrected chi connectivity index (χ4v) is 1.50. The van der Waals surface area contributed by atoms with Crippen LogP contribution in [0.3, 0.4) is 0 Å². The van der Waals surface area contributed by atoms with E-state index in [2.05, 4.69) is 0 Å². The standard InChI is InChI=1S/C12H12O4/c13-4-2-1-3-9-5-11-12(16-8-15-11)6-10(9)7-14/h1,3,5-7,13H,2,4,8H2. The lowest BCUT2D eigenvalue weighted by Crippen LogP contribution is -1.92. The molecule has 0 unspecified atom stereocenters. The van der Waals surface area contributed by atoms with E-state index in [1.54, 1.807) is 18.2 Å². The molecule has 0 aromatic heterocycles. The van der Waals surface area contributed by atoms with Crippen molar-refractivity contribution in [1.29, 1.82) is 0 Å². The topological polar surface area (TPSA) is 55.8 Å². The molecular formula is C12H12O4. The van der Waals surface area contributed by atoms with Crippen molar-refractivity contribution in [3.8, 4) is 11.5 Å². The molecule has 2 rings (SSSR count). The van der Waals surface area contributed by atoms with Gasteiger partial charge in [0.15, 0.2) is 17.8 Å². The monoisotopic (exact) mass is 220 g/mol. The molecule has 4 nitrogen and oxygen atoms in total. The van der Waals surface area contributed by atoms with Crippen LogP contribution in [0.25, 0.3) is 6.08 Å². The Balaban J connectivity index is 2.32. The van der Waals surface area contributed by atoms with Gasteiger partial charge in [0, 0.05) is 12.2 Å². The van der Waals surface area contributed by atoms with Gasteiger partial charge >= 0.3 is 0 Å². The second-order valence-corrected chi connectivity index (χ2v) is 3.37. The number of rotatable bonds is 4. The number of hydrogen-bond donors (Lipinski definition) is 1. The molecule has 0 radical (unpaired) electrons. The van der Waals surface area contributed by atoms with E-state index in [1.807, 2.05) is 6.08 Å². The number of aldehydes is 1. The number of carbonyl (C=O) groups excluding carboxylic acids is 1. The Kier molecular flexibility index (Phi) is 3.22. The Hall–Kier alpha value is -1.81. The summed E-state index contributed by atoms with van der Waals surface area (Å²) < 4.78 is 10.4. The zero-order valence-corrected chi connectivity index (χ0v) is 8.68. The molecule has 0 aliphatic carbocycles. The molecule has 0 fully saturated rings. The molecule has 0 amide bonds. The second kappa shape index (κ2) is 4.81. The molecule has 0 saturated carbocycles. The molecule has 0 saturated heterocycles. The van der Waals surface area contributed by atoms with Crippen molar-refractivity contribution in [2.24, 2.45) is 0 Å². The quantitative estimate of drug-likeness (QED) is 0.783. The minimum absolute atomic E-state index is 0.0947. The van der Waals surface area contributed by atoms with Crippen molar-refractivity contribution in [1.82, 2.24) is 0 Å². The van der Waals surface area contributed by atoms with Crippen LogP contribution >= 0.6 is 0 Å². The van der Waals surface area contributed by atoms with Crippen LogP contribution in [0.4, 0.5) is 0 Å². The number of aliphatic hydroxyl groups is 1. The number of carbonyl (C=O) groups is 1. The number of ether oxygens (including phenoxy) is 2. The summed E-state index contributed by atoms with van der Waals surface area (Å²) in [5, 5.41) is 8.66. The summed E-state index contributed by atoms with van der Waals surface area (Å²) >= 11 is 0. The Bertz CT molecular complexity index is 423. The fourth-order valence-electron chi connectivity index (χ4n) is 1.50. The van der Waals surface area contributed by atoms with Gasteiger partial charge in [-0.1, -0.05) is 12.2 Å². The van der Waals surface area contributed by atoms with Gasteiger partial charge in [0.25, 0.3) is 0 Å². The Morgan fingerprint density at radius 3 is 2.56 bits per heavy atom. The molecular weight excluding hydrogens is 208 g/mol. The van der Waals surface area contributed by atoms with Gasteiger partial charge < -0.3 is 14.6 Å². The van der Waals surface area contributed by atoms with Gasteiger partial charge in [0.2, 0.25) is 6.79 Å². The molecule has 1 heterocycles. The van der Waals surface area contributed by atoms with Crippen molar-refractivity contribution < 1.29 is 19.4 Å². The predicted octanol–water partition coefficient (Wildman–Crippen LogP) is 1.62. The Labute approximate surface area is 93.1 Å². The fraction of sp³-hybridized carbons (Fsp3) is 0.250. The average Bonchev–Trinajstić information content (AvgIpc) is 2.75. The van der Waals surface area contributed by atoms with Crippen molar-refractivity contribution >= 4 is 12.4 Å². The minimum atomic E-state index is 0.0947. The lowest BCUT2D eigenvalue weighted by Gasteiger charge is -2.02. The third kappa shape index (κ3) is 2.06. The highest BCUT2D eigenvalue weighted by molar-refractivity contribution is 5.83. The van der Waals surface area contributed by atoms with Crippen LogP contribution in [0.5, 0.6) is 11.5 Å². The van der Waals surface area contributed by atoms with Crippen molar-refractivity contribution in [2.75, 3.05) is 13.4 Å². The van der Waals surface area contributed by atoms with Crippen molar-refractivity contribution in [2.45, 2.75) is 6.42 Å². The second-order valence-electron chi connectivity index (χ2n) is 3.37. The van der Waals surface area contributed by atoms with Gasteiger partial charge in [-0.25, -0.2) is 0 Å². The van der Waals surface area contributed by atoms with Crippen LogP contribution in [0.15, 0.2) is 18.2 Å². The van der Waals surface area contributed by atoms with Gasteiger partial charge in [0.1, 0.15) is 0 Å². The number of benzene rings is 1. The van der Waals surface area contributed by atoms with Crippen LogP contribution < -0.4 is 9.47 Å². The summed E-state index contributed by atoms with van der Waals surface area (Å²) in [4.78, 5) is 10.9. The van der Waals surface area contributed by atoms with E-state index in [-0.39, 0.29) is 13.4 Å². The zero-order valence-electron chi connectivity index (χ0n) is 8.68. The van der Waals surface area contributed by atoms with E-state index >= 15 is 0 Å². The summed E-state index contributed by atoms with van der Waals surface area (Å²) in [6, 6.07) is 3.42. The summed E-state index contributed by atoms with van der Waals surface area (Å²) in [5.74, 6) is 1.25. The molecule has 1 aromatic carbocycles. The molecule has 4 heteroatoms. The van der Waals surface area contributed by atoms with E-state index in [9.17, 15) is 4.79 Å². The first kappa shape index (κ1) is 10.7. The van der Waals surface area contributed by atoms with Gasteiger partial charge in [-0.3, -0.25) is 4.79 Å². The number of hydrogen-bond acceptors (Lipinski definition) is 4. The Morgan fingerprint density at radius 2 is 1.94 bits per heavy atom. The maximum atomic E-state index is 10.9. The maximum Gasteiger partial charge on any atom is 0.231 e. The van der Waals surface area contributed by atoms with Gasteiger partial charge in [-0.2, -0.15) is 0 Å². The Morgan fingerprint density at radius 1 is 1.25 bits per heavy atom. The van der Waals surface area contributed by atoms with Crippen molar-refractivity contribution in [3.05, 3.63) is 29.3 Å². The molecule has 0 atom stereocenters. The SMILES string of the molecule is O=Cc1cc2c(cc1C=CCCO)OCO2. The summed E-state index contributed by atoms with van der Waals surface area (Å²) in [5.41, 5.74) is 1.33. The highest BCUT2D eigenvalue weighted by atomic mass is 16.7. The molecule has 1 aliphatic heterocycles. The molecule has 84 valence electrons. The normalized spacial score (nSPS) is 13.3. The molecule has 1 aliphatic rings. The third-order valence-corrected chi connectivity index (χ3v) is 2.30. The third-order valence-electron chi connectivity index (χ3n) is 2.30. The van der Waals surface area contributed by atoms with Crippen LogP contribution in [0.2, 0.25) is 0 Å². The highest BCUT2D eigenvalue weighted by Gasteiger charge is 2.15. The first-order valence-corrected chi connectivity index (χ1v) is 5.01. The number of fused-ring (bicyclic) bond motifs is 1. The lowest BCUT2D eigenvalue weighted by atomic mass is 10.1. The van der Waals surface area contributed by atoms with Gasteiger partial charge in [-0.15, -0.1) is 0 Å². The summed E-state index contributed by atoms with van der Waals surface area (Å²) in [6.45, 7) is 0.287. The summed E-state index contributed by atoms with van der Waals surface area (Å²) in [7, 11) is 0. The molecule has 1 N–H and O–H groups in total. The average molecular weight is 220 g/mol. The largest absolute Gasteiger partial charge is 0.454 e. The molecule has 0 bridgehead atoms. The summed E-state index contributed by atoms with van der Waals surface area (Å²) in [6.07, 6.45) is 4.94. The van der Waals surface area contributed by atoms with Gasteiger partial charge in [-0.05, 0) is 24.1 Å². The minimum Gasteiger partial charge on any atom is -0.454 e. The number of aliphatic hydroxyl groups excluding tert-OH is 1. The van der Waals surface area contributed by atoms with Crippen LogP contribution in [0, 0.1) is 0 Å². The smallest absolute Gasteiger partial charge is 0.231 e.